The average molecular weight is 386 g/mol. The van der Waals surface area contributed by atoms with Crippen LogP contribution in [0.1, 0.15) is 6.04 Å². The minimum atomic E-state index is 0.0523. The summed E-state index contributed by atoms with van der Waals surface area (Å²) in [7, 11) is 3.90. The number of imidazole rings is 1. The second kappa shape index (κ2) is 6.74. The third-order valence-corrected chi connectivity index (χ3v) is 5.94. The predicted octanol–water partition coefficient (Wildman–Crippen LogP) is 1.80. The summed E-state index contributed by atoms with van der Waals surface area (Å²) in [4.78, 5) is 13.2. The fourth-order valence-corrected chi connectivity index (χ4v) is 4.44. The van der Waals surface area contributed by atoms with E-state index in [2.05, 4.69) is 29.9 Å². The third kappa shape index (κ3) is 3.05. The number of benzene rings is 1. The minimum Gasteiger partial charge on any atom is -0.371 e. The van der Waals surface area contributed by atoms with E-state index >= 15 is 0 Å². The van der Waals surface area contributed by atoms with Gasteiger partial charge in [-0.25, -0.2) is 4.98 Å². The smallest absolute Gasteiger partial charge is 0.238 e. The molecule has 8 nitrogen and oxygen atoms in total. The van der Waals surface area contributed by atoms with Crippen LogP contribution in [0.3, 0.4) is 0 Å². The number of anilines is 2. The molecule has 2 aromatic heterocycles. The van der Waals surface area contributed by atoms with Crippen LogP contribution in [0.25, 0.3) is 11.0 Å². The highest BCUT2D eigenvalue weighted by Crippen LogP contribution is 2.30. The topological polar surface area (TPSA) is 68.5 Å². The molecular weight excluding hydrogens is 364 g/mol. The average Bonchev–Trinajstić information content (AvgIpc) is 3.38. The Morgan fingerprint density at radius 2 is 1.85 bits per heavy atom. The number of rotatable bonds is 3. The van der Waals surface area contributed by atoms with E-state index in [1.54, 1.807) is 0 Å². The van der Waals surface area contributed by atoms with Gasteiger partial charge in [-0.2, -0.15) is 9.36 Å². The molecule has 2 atom stereocenters. The zero-order valence-corrected chi connectivity index (χ0v) is 16.2. The Morgan fingerprint density at radius 3 is 2.56 bits per heavy atom. The standard InChI is InChI=1S/C18H22N6O2S/c1-22(2)17-20-18(27-21-17)23-7-15-16(8-23)26-10-12(9-25-15)24-11-19-13-5-3-4-6-14(13)24/h3-6,11-12,15-16H,7-10H2,1-2H3/t15-,16-/m0/s1. The van der Waals surface area contributed by atoms with Crippen molar-refractivity contribution in [3.8, 4) is 0 Å². The lowest BCUT2D eigenvalue weighted by molar-refractivity contribution is -0.00461. The van der Waals surface area contributed by atoms with Crippen LogP contribution in [0.2, 0.25) is 0 Å². The van der Waals surface area contributed by atoms with Crippen LogP contribution >= 0.6 is 11.5 Å². The van der Waals surface area contributed by atoms with E-state index < -0.39 is 0 Å². The SMILES string of the molecule is CN(C)c1nsc(N2C[C@@H]3OCC(n4cnc5ccccc54)CO[C@H]3C2)n1. The zero-order chi connectivity index (χ0) is 18.4. The Bertz CT molecular complexity index is 925. The van der Waals surface area contributed by atoms with Crippen molar-refractivity contribution >= 4 is 33.6 Å². The molecule has 0 radical (unpaired) electrons. The van der Waals surface area contributed by atoms with E-state index in [4.69, 9.17) is 9.47 Å². The van der Waals surface area contributed by atoms with Crippen LogP contribution in [-0.2, 0) is 9.47 Å². The van der Waals surface area contributed by atoms with Gasteiger partial charge in [0.15, 0.2) is 0 Å². The fourth-order valence-electron chi connectivity index (χ4n) is 3.69. The van der Waals surface area contributed by atoms with E-state index in [0.717, 1.165) is 35.2 Å². The van der Waals surface area contributed by atoms with Crippen molar-refractivity contribution in [1.29, 1.82) is 0 Å². The van der Waals surface area contributed by atoms with Crippen molar-refractivity contribution in [3.63, 3.8) is 0 Å². The molecule has 2 fully saturated rings. The van der Waals surface area contributed by atoms with Crippen molar-refractivity contribution in [2.24, 2.45) is 0 Å². The van der Waals surface area contributed by atoms with Crippen molar-refractivity contribution in [2.45, 2.75) is 18.2 Å². The Labute approximate surface area is 161 Å². The Morgan fingerprint density at radius 1 is 1.11 bits per heavy atom. The summed E-state index contributed by atoms with van der Waals surface area (Å²) in [5, 5.41) is 0.927. The van der Waals surface area contributed by atoms with Crippen LogP contribution in [-0.4, -0.2) is 71.5 Å². The first-order valence-electron chi connectivity index (χ1n) is 9.10. The number of fused-ring (bicyclic) bond motifs is 2. The van der Waals surface area contributed by atoms with Crippen LogP contribution in [0.15, 0.2) is 30.6 Å². The van der Waals surface area contributed by atoms with Crippen molar-refractivity contribution < 1.29 is 9.47 Å². The van der Waals surface area contributed by atoms with Crippen molar-refractivity contribution in [1.82, 2.24) is 18.9 Å². The summed E-state index contributed by atoms with van der Waals surface area (Å²) in [6.07, 6.45) is 1.99. The highest BCUT2D eigenvalue weighted by atomic mass is 32.1. The molecule has 0 N–H and O–H groups in total. The summed E-state index contributed by atoms with van der Waals surface area (Å²) < 4.78 is 19.1. The molecule has 27 heavy (non-hydrogen) atoms. The predicted molar refractivity (Wildman–Crippen MR) is 105 cm³/mol. The van der Waals surface area contributed by atoms with Crippen LogP contribution < -0.4 is 9.80 Å². The molecule has 0 bridgehead atoms. The molecule has 0 unspecified atom stereocenters. The molecule has 0 amide bonds. The second-order valence-corrected chi connectivity index (χ2v) is 7.94. The molecule has 2 aliphatic rings. The van der Waals surface area contributed by atoms with Gasteiger partial charge in [0.05, 0.1) is 36.6 Å². The molecule has 4 heterocycles. The lowest BCUT2D eigenvalue weighted by Gasteiger charge is -2.19. The normalized spacial score (nSPS) is 23.6. The molecule has 3 aromatic rings. The Kier molecular flexibility index (Phi) is 4.22. The van der Waals surface area contributed by atoms with Crippen LogP contribution in [0.5, 0.6) is 0 Å². The number of hydrogen-bond donors (Lipinski definition) is 0. The molecule has 2 saturated heterocycles. The maximum atomic E-state index is 6.25. The van der Waals surface area contributed by atoms with Gasteiger partial charge in [-0.15, -0.1) is 0 Å². The molecule has 9 heteroatoms. The van der Waals surface area contributed by atoms with Gasteiger partial charge in [0.25, 0.3) is 0 Å². The summed E-state index contributed by atoms with van der Waals surface area (Å²) in [6.45, 7) is 2.80. The molecule has 5 rings (SSSR count). The van der Waals surface area contributed by atoms with Crippen LogP contribution in [0.4, 0.5) is 11.1 Å². The van der Waals surface area contributed by atoms with Gasteiger partial charge in [-0.1, -0.05) is 12.1 Å². The molecule has 2 aliphatic heterocycles. The molecule has 0 spiro atoms. The quantitative estimate of drug-likeness (QED) is 0.680. The first-order valence-corrected chi connectivity index (χ1v) is 9.87. The number of nitrogens with zero attached hydrogens (tertiary/aromatic N) is 6. The second-order valence-electron chi connectivity index (χ2n) is 7.21. The summed E-state index contributed by atoms with van der Waals surface area (Å²) in [5.74, 6) is 0.746. The van der Waals surface area contributed by atoms with Gasteiger partial charge in [0.2, 0.25) is 11.1 Å². The third-order valence-electron chi connectivity index (χ3n) is 5.17. The highest BCUT2D eigenvalue weighted by molar-refractivity contribution is 7.09. The van der Waals surface area contributed by atoms with Crippen molar-refractivity contribution in [3.05, 3.63) is 30.6 Å². The van der Waals surface area contributed by atoms with Gasteiger partial charge < -0.3 is 23.8 Å². The summed E-state index contributed by atoms with van der Waals surface area (Å²) >= 11 is 1.43. The molecule has 0 aliphatic carbocycles. The maximum Gasteiger partial charge on any atom is 0.238 e. The van der Waals surface area contributed by atoms with Gasteiger partial charge >= 0.3 is 0 Å². The monoisotopic (exact) mass is 386 g/mol. The van der Waals surface area contributed by atoms with E-state index in [1.165, 1.54) is 11.5 Å². The van der Waals surface area contributed by atoms with Crippen LogP contribution in [0, 0.1) is 0 Å². The lowest BCUT2D eigenvalue weighted by atomic mass is 10.2. The Balaban J connectivity index is 1.29. The molecule has 1 aromatic carbocycles. The van der Waals surface area contributed by atoms with Crippen molar-refractivity contribution in [2.75, 3.05) is 50.2 Å². The van der Waals surface area contributed by atoms with Gasteiger partial charge in [-0.05, 0) is 12.1 Å². The maximum absolute atomic E-state index is 6.25. The van der Waals surface area contributed by atoms with Gasteiger partial charge in [0.1, 0.15) is 12.2 Å². The molecule has 142 valence electrons. The van der Waals surface area contributed by atoms with E-state index in [-0.39, 0.29) is 18.2 Å². The highest BCUT2D eigenvalue weighted by Gasteiger charge is 2.39. The van der Waals surface area contributed by atoms with E-state index in [9.17, 15) is 0 Å². The number of para-hydroxylation sites is 2. The summed E-state index contributed by atoms with van der Waals surface area (Å²) in [6, 6.07) is 8.30. The number of ether oxygens (including phenoxy) is 2. The van der Waals surface area contributed by atoms with E-state index in [0.29, 0.717) is 13.2 Å². The summed E-state index contributed by atoms with van der Waals surface area (Å²) in [5.41, 5.74) is 2.12. The van der Waals surface area contributed by atoms with E-state index in [1.807, 2.05) is 43.5 Å². The largest absolute Gasteiger partial charge is 0.371 e. The first-order chi connectivity index (χ1) is 13.2. The van der Waals surface area contributed by atoms with Gasteiger partial charge in [0, 0.05) is 38.7 Å². The number of hydrogen-bond acceptors (Lipinski definition) is 8. The molecular formula is C18H22N6O2S. The zero-order valence-electron chi connectivity index (χ0n) is 15.4. The van der Waals surface area contributed by atoms with Gasteiger partial charge in [-0.3, -0.25) is 0 Å². The number of aromatic nitrogens is 4. The molecule has 0 saturated carbocycles. The first kappa shape index (κ1) is 16.9. The Hall–Kier alpha value is -2.23. The fraction of sp³-hybridized carbons (Fsp3) is 0.500. The lowest BCUT2D eigenvalue weighted by Crippen LogP contribution is -2.27. The minimum absolute atomic E-state index is 0.0523.